The van der Waals surface area contributed by atoms with Crippen LogP contribution in [0.4, 0.5) is 4.79 Å². The van der Waals surface area contributed by atoms with Gasteiger partial charge in [0.1, 0.15) is 11.6 Å². The smallest absolute Gasteiger partial charge is 0.407 e. The quantitative estimate of drug-likeness (QED) is 0.348. The Bertz CT molecular complexity index is 445. The second-order valence-corrected chi connectivity index (χ2v) is 6.45. The topological polar surface area (TPSA) is 131 Å². The molecule has 5 N–H and O–H groups in total. The molecule has 0 radical (unpaired) electrons. The highest BCUT2D eigenvalue weighted by molar-refractivity contribution is 5.86. The van der Waals surface area contributed by atoms with E-state index in [4.69, 9.17) is 15.6 Å². The summed E-state index contributed by atoms with van der Waals surface area (Å²) in [7, 11) is 0. The minimum Gasteiger partial charge on any atom is -0.480 e. The van der Waals surface area contributed by atoms with E-state index in [-0.39, 0.29) is 6.42 Å². The van der Waals surface area contributed by atoms with Crippen molar-refractivity contribution in [2.75, 3.05) is 6.54 Å². The lowest BCUT2D eigenvalue weighted by molar-refractivity contribution is -0.141. The minimum atomic E-state index is -1.13. The highest BCUT2D eigenvalue weighted by atomic mass is 16.6. The van der Waals surface area contributed by atoms with Crippen LogP contribution in [0.5, 0.6) is 0 Å². The van der Waals surface area contributed by atoms with Gasteiger partial charge in [0.15, 0.2) is 0 Å². The number of carbonyl (C=O) groups is 3. The molecule has 0 saturated heterocycles. The van der Waals surface area contributed by atoms with Gasteiger partial charge >= 0.3 is 12.1 Å². The van der Waals surface area contributed by atoms with Gasteiger partial charge in [0.2, 0.25) is 5.91 Å². The molecule has 138 valence electrons. The Hall–Kier alpha value is -2.09. The van der Waals surface area contributed by atoms with Gasteiger partial charge < -0.3 is 26.2 Å². The molecule has 0 fully saturated rings. The van der Waals surface area contributed by atoms with E-state index in [0.717, 1.165) is 0 Å². The van der Waals surface area contributed by atoms with Crippen molar-refractivity contribution < 1.29 is 24.2 Å². The molecule has 0 aliphatic rings. The number of nitrogens with one attached hydrogen (secondary N) is 2. The van der Waals surface area contributed by atoms with Gasteiger partial charge in [-0.3, -0.25) is 4.79 Å². The first kappa shape index (κ1) is 21.9. The number of amides is 2. The summed E-state index contributed by atoms with van der Waals surface area (Å²) in [5, 5.41) is 14.0. The van der Waals surface area contributed by atoms with Crippen molar-refractivity contribution in [2.45, 2.75) is 64.1 Å². The number of rotatable bonds is 10. The normalized spacial score (nSPS) is 13.5. The molecular weight excluding hydrogens is 314 g/mol. The number of alkyl carbamates (subject to hydrolysis) is 1. The van der Waals surface area contributed by atoms with Crippen molar-refractivity contribution in [2.24, 2.45) is 5.73 Å². The number of hydrogen-bond donors (Lipinski definition) is 4. The lowest BCUT2D eigenvalue weighted by Gasteiger charge is -2.19. The third kappa shape index (κ3) is 10.6. The molecule has 2 atom stereocenters. The van der Waals surface area contributed by atoms with Gasteiger partial charge in [0, 0.05) is 6.54 Å². The van der Waals surface area contributed by atoms with Gasteiger partial charge in [-0.15, -0.1) is 6.58 Å². The highest BCUT2D eigenvalue weighted by Gasteiger charge is 2.22. The molecule has 0 spiro atoms. The maximum absolute atomic E-state index is 11.8. The molecule has 8 heteroatoms. The first-order valence-corrected chi connectivity index (χ1v) is 7.93. The minimum absolute atomic E-state index is 0.133. The molecule has 0 rings (SSSR count). The van der Waals surface area contributed by atoms with Crippen molar-refractivity contribution in [1.82, 2.24) is 10.6 Å². The molecule has 24 heavy (non-hydrogen) atoms. The van der Waals surface area contributed by atoms with E-state index in [1.54, 1.807) is 20.8 Å². The van der Waals surface area contributed by atoms with Crippen molar-refractivity contribution in [3.63, 3.8) is 0 Å². The number of unbranched alkanes of at least 4 members (excludes halogenated alkanes) is 1. The Balaban J connectivity index is 3.98. The molecule has 0 unspecified atom stereocenters. The standard InChI is InChI=1S/C16H29N3O5/c1-5-8-12(14(21)22)19-13(20)11(17)9-6-7-10-18-15(23)24-16(2,3)4/h5,11-12H,1,6-10,17H2,2-4H3,(H,18,23)(H,19,20)(H,21,22)/t11-,12-/m0/s1. The Labute approximate surface area is 142 Å². The van der Waals surface area contributed by atoms with Crippen LogP contribution in [0, 0.1) is 0 Å². The average Bonchev–Trinajstić information content (AvgIpc) is 2.43. The number of carboxylic acids is 1. The van der Waals surface area contributed by atoms with Crippen molar-refractivity contribution in [3.8, 4) is 0 Å². The van der Waals surface area contributed by atoms with Gasteiger partial charge in [-0.2, -0.15) is 0 Å². The zero-order valence-electron chi connectivity index (χ0n) is 14.6. The number of aliphatic carboxylic acids is 1. The average molecular weight is 343 g/mol. The first-order valence-electron chi connectivity index (χ1n) is 7.93. The summed E-state index contributed by atoms with van der Waals surface area (Å²) >= 11 is 0. The van der Waals surface area contributed by atoms with Gasteiger partial charge in [0.05, 0.1) is 6.04 Å². The maximum atomic E-state index is 11.8. The van der Waals surface area contributed by atoms with Crippen LogP contribution in [-0.2, 0) is 14.3 Å². The molecule has 0 aromatic carbocycles. The van der Waals surface area contributed by atoms with E-state index in [9.17, 15) is 14.4 Å². The molecule has 0 aromatic heterocycles. The van der Waals surface area contributed by atoms with Gasteiger partial charge in [-0.1, -0.05) is 6.08 Å². The summed E-state index contributed by atoms with van der Waals surface area (Å²) in [5.74, 6) is -1.64. The Morgan fingerprint density at radius 3 is 2.42 bits per heavy atom. The molecule has 0 bridgehead atoms. The van der Waals surface area contributed by atoms with E-state index >= 15 is 0 Å². The van der Waals surface area contributed by atoms with Crippen LogP contribution in [-0.4, -0.2) is 47.3 Å². The Morgan fingerprint density at radius 1 is 1.29 bits per heavy atom. The molecule has 0 aliphatic carbocycles. The summed E-state index contributed by atoms with van der Waals surface area (Å²) in [6.07, 6.45) is 2.71. The largest absolute Gasteiger partial charge is 0.480 e. The third-order valence-corrected chi connectivity index (χ3v) is 2.96. The number of nitrogens with two attached hydrogens (primary N) is 1. The SMILES string of the molecule is C=CC[C@H](NC(=O)[C@@H](N)CCCCNC(=O)OC(C)(C)C)C(=O)O. The van der Waals surface area contributed by atoms with Crippen LogP contribution in [0.2, 0.25) is 0 Å². The van der Waals surface area contributed by atoms with Crippen LogP contribution in [0.1, 0.15) is 46.5 Å². The first-order chi connectivity index (χ1) is 11.1. The fraction of sp³-hybridized carbons (Fsp3) is 0.688. The molecule has 0 aliphatic heterocycles. The number of hydrogen-bond acceptors (Lipinski definition) is 5. The number of carboxylic acid groups (broad SMARTS) is 1. The maximum Gasteiger partial charge on any atom is 0.407 e. The van der Waals surface area contributed by atoms with Gasteiger partial charge in [-0.25, -0.2) is 9.59 Å². The monoisotopic (exact) mass is 343 g/mol. The van der Waals surface area contributed by atoms with Crippen LogP contribution < -0.4 is 16.4 Å². The van der Waals surface area contributed by atoms with Crippen LogP contribution >= 0.6 is 0 Å². The fourth-order valence-corrected chi connectivity index (χ4v) is 1.79. The van der Waals surface area contributed by atoms with Gasteiger partial charge in [-0.05, 0) is 46.5 Å². The van der Waals surface area contributed by atoms with Crippen LogP contribution in [0.15, 0.2) is 12.7 Å². The zero-order chi connectivity index (χ0) is 18.8. The van der Waals surface area contributed by atoms with Crippen LogP contribution in [0.25, 0.3) is 0 Å². The van der Waals surface area contributed by atoms with E-state index in [1.165, 1.54) is 6.08 Å². The third-order valence-electron chi connectivity index (χ3n) is 2.96. The lowest BCUT2D eigenvalue weighted by Crippen LogP contribution is -2.48. The second kappa shape index (κ2) is 10.6. The molecule has 0 aromatic rings. The van der Waals surface area contributed by atoms with Crippen molar-refractivity contribution >= 4 is 18.0 Å². The number of ether oxygens (including phenoxy) is 1. The van der Waals surface area contributed by atoms with Crippen LogP contribution in [0.3, 0.4) is 0 Å². The highest BCUT2D eigenvalue weighted by Crippen LogP contribution is 2.06. The van der Waals surface area contributed by atoms with Gasteiger partial charge in [0.25, 0.3) is 0 Å². The zero-order valence-corrected chi connectivity index (χ0v) is 14.6. The Kier molecular flexibility index (Phi) is 9.71. The summed E-state index contributed by atoms with van der Waals surface area (Å²) in [6.45, 7) is 9.20. The second-order valence-electron chi connectivity index (χ2n) is 6.45. The van der Waals surface area contributed by atoms with E-state index in [0.29, 0.717) is 25.8 Å². The predicted octanol–water partition coefficient (Wildman–Crippen LogP) is 1.15. The van der Waals surface area contributed by atoms with E-state index < -0.39 is 35.7 Å². The van der Waals surface area contributed by atoms with Crippen molar-refractivity contribution in [3.05, 3.63) is 12.7 Å². The fourth-order valence-electron chi connectivity index (χ4n) is 1.79. The molecule has 8 nitrogen and oxygen atoms in total. The predicted molar refractivity (Wildman–Crippen MR) is 90.4 cm³/mol. The molecule has 2 amide bonds. The summed E-state index contributed by atoms with van der Waals surface area (Å²) in [5.41, 5.74) is 5.20. The number of carbonyl (C=O) groups excluding carboxylic acids is 2. The summed E-state index contributed by atoms with van der Waals surface area (Å²) in [6, 6.07) is -1.81. The molecular formula is C16H29N3O5. The summed E-state index contributed by atoms with van der Waals surface area (Å²) < 4.78 is 5.09. The Morgan fingerprint density at radius 2 is 1.92 bits per heavy atom. The van der Waals surface area contributed by atoms with E-state index in [1.807, 2.05) is 0 Å². The lowest BCUT2D eigenvalue weighted by atomic mass is 10.1. The molecule has 0 heterocycles. The van der Waals surface area contributed by atoms with E-state index in [2.05, 4.69) is 17.2 Å². The molecule has 0 saturated carbocycles. The van der Waals surface area contributed by atoms with Crippen molar-refractivity contribution in [1.29, 1.82) is 0 Å². The summed E-state index contributed by atoms with van der Waals surface area (Å²) in [4.78, 5) is 34.2.